The molecule has 0 bridgehead atoms. The van der Waals surface area contributed by atoms with E-state index in [4.69, 9.17) is 16.6 Å². The van der Waals surface area contributed by atoms with Crippen LogP contribution in [0.25, 0.3) is 21.5 Å². The van der Waals surface area contributed by atoms with E-state index in [0.717, 1.165) is 40.1 Å². The first-order valence-corrected chi connectivity index (χ1v) is 7.66. The molecule has 0 saturated heterocycles. The maximum atomic E-state index is 5.42. The van der Waals surface area contributed by atoms with Crippen LogP contribution in [0.4, 0.5) is 0 Å². The third-order valence-corrected chi connectivity index (χ3v) is 4.46. The summed E-state index contributed by atoms with van der Waals surface area (Å²) in [4.78, 5) is 5.70. The van der Waals surface area contributed by atoms with E-state index in [1.165, 1.54) is 0 Å². The molecule has 3 aromatic rings. The third kappa shape index (κ3) is 2.12. The van der Waals surface area contributed by atoms with Crippen LogP contribution < -0.4 is 0 Å². The predicted octanol–water partition coefficient (Wildman–Crippen LogP) is 3.91. The van der Waals surface area contributed by atoms with Gasteiger partial charge in [-0.25, -0.2) is 4.98 Å². The van der Waals surface area contributed by atoms with Crippen molar-refractivity contribution in [2.45, 2.75) is 26.8 Å². The van der Waals surface area contributed by atoms with Gasteiger partial charge in [-0.05, 0) is 37.7 Å². The quantitative estimate of drug-likeness (QED) is 0.742. The Labute approximate surface area is 125 Å². The van der Waals surface area contributed by atoms with E-state index in [1.54, 1.807) is 17.6 Å². The lowest BCUT2D eigenvalue weighted by atomic mass is 10.3. The van der Waals surface area contributed by atoms with Gasteiger partial charge in [0.2, 0.25) is 0 Å². The van der Waals surface area contributed by atoms with Gasteiger partial charge in [0.1, 0.15) is 0 Å². The number of aromatic nitrogens is 4. The number of rotatable bonds is 4. The van der Waals surface area contributed by atoms with Gasteiger partial charge in [0.15, 0.2) is 21.4 Å². The molecule has 5 nitrogen and oxygen atoms in total. The first-order valence-electron chi connectivity index (χ1n) is 6.43. The Bertz CT molecular complexity index is 767. The molecular weight excluding hydrogens is 292 g/mol. The third-order valence-electron chi connectivity index (χ3n) is 3.04. The highest BCUT2D eigenvalue weighted by Gasteiger charge is 2.18. The lowest BCUT2D eigenvalue weighted by Crippen LogP contribution is -1.98. The monoisotopic (exact) mass is 306 g/mol. The van der Waals surface area contributed by atoms with E-state index in [-0.39, 0.29) is 0 Å². The topological polar surface area (TPSA) is 59.6 Å². The van der Waals surface area contributed by atoms with Crippen molar-refractivity contribution in [2.75, 3.05) is 0 Å². The molecule has 0 atom stereocenters. The maximum Gasteiger partial charge on any atom is 0.195 e. The highest BCUT2D eigenvalue weighted by molar-refractivity contribution is 7.71. The molecule has 0 fully saturated rings. The molecule has 0 aliphatic rings. The fourth-order valence-electron chi connectivity index (χ4n) is 2.06. The summed E-state index contributed by atoms with van der Waals surface area (Å²) in [5, 5.41) is 8.07. The summed E-state index contributed by atoms with van der Waals surface area (Å²) in [7, 11) is 0. The van der Waals surface area contributed by atoms with Gasteiger partial charge in [-0.1, -0.05) is 6.92 Å². The Morgan fingerprint density at radius 1 is 1.45 bits per heavy atom. The predicted molar refractivity (Wildman–Crippen MR) is 81.3 cm³/mol. The van der Waals surface area contributed by atoms with Crippen LogP contribution in [0.1, 0.15) is 19.5 Å². The average Bonchev–Trinajstić information content (AvgIpc) is 3.16. The second kappa shape index (κ2) is 5.34. The van der Waals surface area contributed by atoms with Crippen LogP contribution in [0.3, 0.4) is 0 Å². The van der Waals surface area contributed by atoms with Gasteiger partial charge < -0.3 is 4.42 Å². The van der Waals surface area contributed by atoms with Gasteiger partial charge in [-0.15, -0.1) is 11.3 Å². The zero-order valence-electron chi connectivity index (χ0n) is 11.2. The van der Waals surface area contributed by atoms with Gasteiger partial charge in [-0.3, -0.25) is 9.67 Å². The summed E-state index contributed by atoms with van der Waals surface area (Å²) in [6.45, 7) is 4.92. The molecule has 7 heteroatoms. The van der Waals surface area contributed by atoms with E-state index >= 15 is 0 Å². The molecule has 104 valence electrons. The number of nitrogens with one attached hydrogen (secondary N) is 1. The summed E-state index contributed by atoms with van der Waals surface area (Å²) in [5.74, 6) is 1.64. The first-order chi connectivity index (χ1) is 9.74. The molecule has 0 aliphatic carbocycles. The van der Waals surface area contributed by atoms with Crippen LogP contribution in [0.2, 0.25) is 0 Å². The number of nitrogens with zero attached hydrogens (tertiary/aromatic N) is 3. The molecule has 0 amide bonds. The molecule has 0 aliphatic heterocycles. The average molecular weight is 306 g/mol. The van der Waals surface area contributed by atoms with E-state index in [0.29, 0.717) is 4.77 Å². The van der Waals surface area contributed by atoms with E-state index in [9.17, 15) is 0 Å². The van der Waals surface area contributed by atoms with Gasteiger partial charge >= 0.3 is 0 Å². The Morgan fingerprint density at radius 3 is 2.95 bits per heavy atom. The lowest BCUT2D eigenvalue weighted by Gasteiger charge is -2.01. The summed E-state index contributed by atoms with van der Waals surface area (Å²) in [5.41, 5.74) is 1.02. The first kappa shape index (κ1) is 13.3. The molecule has 3 rings (SSSR count). The summed E-state index contributed by atoms with van der Waals surface area (Å²) >= 11 is 6.83. The zero-order valence-corrected chi connectivity index (χ0v) is 12.8. The number of aryl methyl sites for hydroxylation is 1. The van der Waals surface area contributed by atoms with Crippen LogP contribution in [0.15, 0.2) is 22.8 Å². The Balaban J connectivity index is 2.16. The van der Waals surface area contributed by atoms with Crippen LogP contribution in [0.5, 0.6) is 0 Å². The Kier molecular flexibility index (Phi) is 3.54. The summed E-state index contributed by atoms with van der Waals surface area (Å²) < 4.78 is 8.04. The minimum absolute atomic E-state index is 0.637. The smallest absolute Gasteiger partial charge is 0.195 e. The normalized spacial score (nSPS) is 11.1. The van der Waals surface area contributed by atoms with Crippen molar-refractivity contribution in [3.05, 3.63) is 28.9 Å². The van der Waals surface area contributed by atoms with Crippen LogP contribution in [0, 0.1) is 4.77 Å². The van der Waals surface area contributed by atoms with Gasteiger partial charge in [-0.2, -0.15) is 5.10 Å². The highest BCUT2D eigenvalue weighted by atomic mass is 32.1. The highest BCUT2D eigenvalue weighted by Crippen LogP contribution is 2.35. The maximum absolute atomic E-state index is 5.42. The van der Waals surface area contributed by atoms with Crippen molar-refractivity contribution >= 4 is 23.6 Å². The number of furan rings is 1. The summed E-state index contributed by atoms with van der Waals surface area (Å²) in [6, 6.07) is 3.78. The summed E-state index contributed by atoms with van der Waals surface area (Å²) in [6.07, 6.45) is 2.50. The number of hydrogen-bond acceptors (Lipinski definition) is 5. The van der Waals surface area contributed by atoms with Gasteiger partial charge in [0.25, 0.3) is 0 Å². The number of aromatic amines is 1. The van der Waals surface area contributed by atoms with Crippen LogP contribution in [-0.2, 0) is 13.0 Å². The minimum atomic E-state index is 0.637. The zero-order chi connectivity index (χ0) is 14.1. The molecule has 1 N–H and O–H groups in total. The van der Waals surface area contributed by atoms with E-state index in [1.807, 2.05) is 16.7 Å². The van der Waals surface area contributed by atoms with Crippen molar-refractivity contribution in [1.29, 1.82) is 0 Å². The van der Waals surface area contributed by atoms with E-state index in [2.05, 4.69) is 29.0 Å². The van der Waals surface area contributed by atoms with Crippen LogP contribution in [-0.4, -0.2) is 19.7 Å². The van der Waals surface area contributed by atoms with Crippen molar-refractivity contribution in [3.8, 4) is 21.5 Å². The molecule has 0 aromatic carbocycles. The number of hydrogen-bond donors (Lipinski definition) is 1. The molecule has 20 heavy (non-hydrogen) atoms. The van der Waals surface area contributed by atoms with Crippen molar-refractivity contribution in [3.63, 3.8) is 0 Å². The van der Waals surface area contributed by atoms with Crippen molar-refractivity contribution < 1.29 is 4.42 Å². The second-order valence-electron chi connectivity index (χ2n) is 4.22. The lowest BCUT2D eigenvalue weighted by molar-refractivity contribution is 0.581. The Morgan fingerprint density at radius 2 is 2.30 bits per heavy atom. The standard InChI is InChI=1S/C13H14N4OS2/c1-3-8-10(11-15-16-13(19)17(11)4-2)20-12(14-8)9-6-5-7-18-9/h5-7H,3-4H2,1-2H3,(H,16,19). The van der Waals surface area contributed by atoms with Gasteiger partial charge in [0, 0.05) is 6.54 Å². The fourth-order valence-corrected chi connectivity index (χ4v) is 3.44. The second-order valence-corrected chi connectivity index (χ2v) is 5.61. The molecule has 0 radical (unpaired) electrons. The molecule has 3 aromatic heterocycles. The van der Waals surface area contributed by atoms with Gasteiger partial charge in [0.05, 0.1) is 16.8 Å². The number of thiazole rings is 1. The van der Waals surface area contributed by atoms with Crippen molar-refractivity contribution in [1.82, 2.24) is 19.7 Å². The molecule has 3 heterocycles. The molecule has 0 unspecified atom stereocenters. The molecular formula is C13H14N4OS2. The molecule has 0 spiro atoms. The minimum Gasteiger partial charge on any atom is -0.462 e. The fraction of sp³-hybridized carbons (Fsp3) is 0.308. The molecule has 0 saturated carbocycles. The van der Waals surface area contributed by atoms with Crippen molar-refractivity contribution in [2.24, 2.45) is 0 Å². The number of H-pyrrole nitrogens is 1. The SMILES string of the molecule is CCc1nc(-c2ccco2)sc1-c1n[nH]c(=S)n1CC. The van der Waals surface area contributed by atoms with Crippen LogP contribution >= 0.6 is 23.6 Å². The van der Waals surface area contributed by atoms with E-state index < -0.39 is 0 Å². The largest absolute Gasteiger partial charge is 0.462 e. The Hall–Kier alpha value is -1.73.